The molecule has 1 nitrogen and oxygen atoms in total. The summed E-state index contributed by atoms with van der Waals surface area (Å²) in [6, 6.07) is 9.87. The van der Waals surface area contributed by atoms with Gasteiger partial charge in [-0.2, -0.15) is 0 Å². The molecule has 1 atom stereocenters. The van der Waals surface area contributed by atoms with E-state index in [2.05, 4.69) is 71.1 Å². The van der Waals surface area contributed by atoms with Gasteiger partial charge in [-0.25, -0.2) is 0 Å². The first kappa shape index (κ1) is 18.2. The molecule has 0 fully saturated rings. The smallest absolute Gasteiger partial charge is 0.0135 e. The summed E-state index contributed by atoms with van der Waals surface area (Å²) in [5.74, 6) is 0.777. The van der Waals surface area contributed by atoms with Crippen molar-refractivity contribution >= 4 is 0 Å². The monoisotopic (exact) mass is 289 g/mol. The third-order valence-corrected chi connectivity index (χ3v) is 4.55. The van der Waals surface area contributed by atoms with Crippen molar-refractivity contribution in [2.45, 2.75) is 78.7 Å². The normalized spacial score (nSPS) is 13.7. The number of hydrogen-bond donors (Lipinski definition) is 1. The summed E-state index contributed by atoms with van der Waals surface area (Å²) in [5, 5.41) is 3.76. The third-order valence-electron chi connectivity index (χ3n) is 4.55. The molecule has 0 saturated heterocycles. The number of benzene rings is 1. The molecule has 0 aliphatic carbocycles. The second kappa shape index (κ2) is 8.58. The van der Waals surface area contributed by atoms with Crippen LogP contribution >= 0.6 is 0 Å². The van der Waals surface area contributed by atoms with Crippen LogP contribution in [0.25, 0.3) is 0 Å². The maximum atomic E-state index is 3.76. The predicted molar refractivity (Wildman–Crippen MR) is 95.0 cm³/mol. The Kier molecular flexibility index (Phi) is 7.45. The molecular formula is C20H35N. The lowest BCUT2D eigenvalue weighted by atomic mass is 9.85. The van der Waals surface area contributed by atoms with Crippen LogP contribution < -0.4 is 5.32 Å². The fourth-order valence-corrected chi connectivity index (χ4v) is 2.99. The molecule has 0 aliphatic heterocycles. The largest absolute Gasteiger partial charge is 0.313 e. The minimum Gasteiger partial charge on any atom is -0.313 e. The van der Waals surface area contributed by atoms with Gasteiger partial charge < -0.3 is 5.32 Å². The highest BCUT2D eigenvalue weighted by atomic mass is 14.9. The van der Waals surface area contributed by atoms with E-state index < -0.39 is 0 Å². The zero-order valence-corrected chi connectivity index (χ0v) is 15.0. The third kappa shape index (κ3) is 5.82. The fourth-order valence-electron chi connectivity index (χ4n) is 2.99. The van der Waals surface area contributed by atoms with E-state index in [4.69, 9.17) is 0 Å². The Balaban J connectivity index is 2.78. The molecule has 0 heterocycles. The zero-order valence-electron chi connectivity index (χ0n) is 15.0. The average Bonchev–Trinajstić information content (AvgIpc) is 2.45. The van der Waals surface area contributed by atoms with Crippen LogP contribution in [0.1, 0.15) is 71.9 Å². The standard InChI is InChI=1S/C20H35N/c1-7-14-21-19(17(8-2)9-3)15-16-10-12-18(13-11-16)20(4,5)6/h10-13,17,19,21H,7-9,14-15H2,1-6H3. The molecule has 1 N–H and O–H groups in total. The molecular weight excluding hydrogens is 254 g/mol. The van der Waals surface area contributed by atoms with Gasteiger partial charge in [0.25, 0.3) is 0 Å². The zero-order chi connectivity index (χ0) is 15.9. The summed E-state index contributed by atoms with van der Waals surface area (Å²) >= 11 is 0. The lowest BCUT2D eigenvalue weighted by Crippen LogP contribution is -2.38. The first-order chi connectivity index (χ1) is 9.92. The highest BCUT2D eigenvalue weighted by molar-refractivity contribution is 5.28. The van der Waals surface area contributed by atoms with Crippen LogP contribution in [-0.4, -0.2) is 12.6 Å². The van der Waals surface area contributed by atoms with Crippen molar-refractivity contribution in [3.05, 3.63) is 35.4 Å². The molecule has 1 aromatic rings. The molecule has 0 bridgehead atoms. The predicted octanol–water partition coefficient (Wildman–Crippen LogP) is 5.33. The van der Waals surface area contributed by atoms with E-state index in [0.29, 0.717) is 6.04 Å². The quantitative estimate of drug-likeness (QED) is 0.682. The van der Waals surface area contributed by atoms with Crippen LogP contribution in [0.4, 0.5) is 0 Å². The van der Waals surface area contributed by atoms with Crippen LogP contribution in [0.15, 0.2) is 24.3 Å². The molecule has 0 amide bonds. The maximum Gasteiger partial charge on any atom is 0.0135 e. The lowest BCUT2D eigenvalue weighted by molar-refractivity contribution is 0.332. The lowest BCUT2D eigenvalue weighted by Gasteiger charge is -2.27. The Morgan fingerprint density at radius 2 is 1.52 bits per heavy atom. The SMILES string of the molecule is CCCNC(Cc1ccc(C(C)(C)C)cc1)C(CC)CC. The number of hydrogen-bond acceptors (Lipinski definition) is 1. The van der Waals surface area contributed by atoms with Crippen LogP contribution in [0.3, 0.4) is 0 Å². The van der Waals surface area contributed by atoms with Gasteiger partial charge in [0, 0.05) is 6.04 Å². The first-order valence-corrected chi connectivity index (χ1v) is 8.75. The minimum absolute atomic E-state index is 0.244. The van der Waals surface area contributed by atoms with Crippen molar-refractivity contribution in [1.82, 2.24) is 5.32 Å². The fraction of sp³-hybridized carbons (Fsp3) is 0.700. The van der Waals surface area contributed by atoms with Crippen molar-refractivity contribution in [2.75, 3.05) is 6.54 Å². The van der Waals surface area contributed by atoms with Crippen molar-refractivity contribution in [3.63, 3.8) is 0 Å². The minimum atomic E-state index is 0.244. The molecule has 0 spiro atoms. The van der Waals surface area contributed by atoms with Gasteiger partial charge in [-0.1, -0.05) is 78.6 Å². The number of nitrogens with one attached hydrogen (secondary N) is 1. The van der Waals surface area contributed by atoms with E-state index >= 15 is 0 Å². The van der Waals surface area contributed by atoms with Crippen molar-refractivity contribution in [1.29, 1.82) is 0 Å². The van der Waals surface area contributed by atoms with E-state index in [1.165, 1.54) is 30.4 Å². The van der Waals surface area contributed by atoms with Crippen LogP contribution in [0.2, 0.25) is 0 Å². The Bertz CT molecular complexity index is 381. The van der Waals surface area contributed by atoms with Crippen LogP contribution in [0.5, 0.6) is 0 Å². The summed E-state index contributed by atoms with van der Waals surface area (Å²) in [5.41, 5.74) is 3.13. The van der Waals surface area contributed by atoms with E-state index in [0.717, 1.165) is 18.9 Å². The van der Waals surface area contributed by atoms with Crippen molar-refractivity contribution in [3.8, 4) is 0 Å². The van der Waals surface area contributed by atoms with Crippen molar-refractivity contribution in [2.24, 2.45) is 5.92 Å². The van der Waals surface area contributed by atoms with Gasteiger partial charge in [-0.3, -0.25) is 0 Å². The van der Waals surface area contributed by atoms with Gasteiger partial charge in [0.1, 0.15) is 0 Å². The Morgan fingerprint density at radius 3 is 1.95 bits per heavy atom. The maximum absolute atomic E-state index is 3.76. The van der Waals surface area contributed by atoms with Gasteiger partial charge >= 0.3 is 0 Å². The summed E-state index contributed by atoms with van der Waals surface area (Å²) in [6.45, 7) is 14.8. The number of rotatable bonds is 8. The highest BCUT2D eigenvalue weighted by Gasteiger charge is 2.19. The van der Waals surface area contributed by atoms with Crippen molar-refractivity contribution < 1.29 is 0 Å². The molecule has 0 saturated carbocycles. The van der Waals surface area contributed by atoms with E-state index in [1.54, 1.807) is 0 Å². The molecule has 0 aromatic heterocycles. The molecule has 1 heteroatoms. The van der Waals surface area contributed by atoms with E-state index in [1.807, 2.05) is 0 Å². The van der Waals surface area contributed by atoms with Gasteiger partial charge in [-0.05, 0) is 41.8 Å². The molecule has 1 aromatic carbocycles. The molecule has 0 radical (unpaired) electrons. The molecule has 21 heavy (non-hydrogen) atoms. The van der Waals surface area contributed by atoms with E-state index in [-0.39, 0.29) is 5.41 Å². The Morgan fingerprint density at radius 1 is 0.952 bits per heavy atom. The second-order valence-corrected chi connectivity index (χ2v) is 7.29. The van der Waals surface area contributed by atoms with Gasteiger partial charge in [0.15, 0.2) is 0 Å². The first-order valence-electron chi connectivity index (χ1n) is 8.75. The Labute approximate surface area is 132 Å². The summed E-state index contributed by atoms with van der Waals surface area (Å²) < 4.78 is 0. The molecule has 120 valence electrons. The summed E-state index contributed by atoms with van der Waals surface area (Å²) in [6.07, 6.45) is 4.88. The van der Waals surface area contributed by atoms with Crippen LogP contribution in [0, 0.1) is 5.92 Å². The van der Waals surface area contributed by atoms with Crippen LogP contribution in [-0.2, 0) is 11.8 Å². The highest BCUT2D eigenvalue weighted by Crippen LogP contribution is 2.23. The molecule has 1 unspecified atom stereocenters. The van der Waals surface area contributed by atoms with Gasteiger partial charge in [0.05, 0.1) is 0 Å². The molecule has 1 rings (SSSR count). The van der Waals surface area contributed by atoms with Gasteiger partial charge in [0.2, 0.25) is 0 Å². The molecule has 0 aliphatic rings. The summed E-state index contributed by atoms with van der Waals surface area (Å²) in [4.78, 5) is 0. The topological polar surface area (TPSA) is 12.0 Å². The van der Waals surface area contributed by atoms with Gasteiger partial charge in [-0.15, -0.1) is 0 Å². The average molecular weight is 290 g/mol. The Hall–Kier alpha value is -0.820. The van der Waals surface area contributed by atoms with E-state index in [9.17, 15) is 0 Å². The summed E-state index contributed by atoms with van der Waals surface area (Å²) in [7, 11) is 0. The second-order valence-electron chi connectivity index (χ2n) is 7.29.